The van der Waals surface area contributed by atoms with E-state index in [4.69, 9.17) is 0 Å². The molecule has 0 saturated carbocycles. The maximum atomic E-state index is 9.40. The molecule has 0 amide bonds. The minimum atomic E-state index is -0.312. The minimum absolute atomic E-state index is 0.312. The molecule has 0 radical (unpaired) electrons. The van der Waals surface area contributed by atoms with E-state index in [1.165, 1.54) is 0 Å². The Kier molecular flexibility index (Phi) is 4.88. The molecule has 1 heteroatoms. The van der Waals surface area contributed by atoms with Crippen LogP contribution < -0.4 is 0 Å². The molecule has 0 rings (SSSR count). The van der Waals surface area contributed by atoms with E-state index in [0.29, 0.717) is 5.92 Å². The molecule has 11 heavy (non-hydrogen) atoms. The van der Waals surface area contributed by atoms with Gasteiger partial charge >= 0.3 is 0 Å². The summed E-state index contributed by atoms with van der Waals surface area (Å²) < 4.78 is 0. The van der Waals surface area contributed by atoms with Crippen molar-refractivity contribution in [1.82, 2.24) is 0 Å². The van der Waals surface area contributed by atoms with Crippen molar-refractivity contribution in [3.05, 3.63) is 24.3 Å². The van der Waals surface area contributed by atoms with Crippen molar-refractivity contribution in [2.45, 2.75) is 33.3 Å². The summed E-state index contributed by atoms with van der Waals surface area (Å²) in [6.07, 6.45) is 4.20. The van der Waals surface area contributed by atoms with Crippen LogP contribution >= 0.6 is 0 Å². The van der Waals surface area contributed by atoms with Crippen LogP contribution in [-0.4, -0.2) is 11.2 Å². The van der Waals surface area contributed by atoms with Crippen molar-refractivity contribution in [3.63, 3.8) is 0 Å². The average molecular weight is 154 g/mol. The van der Waals surface area contributed by atoms with Gasteiger partial charge in [-0.3, -0.25) is 0 Å². The van der Waals surface area contributed by atoms with Crippen LogP contribution in [-0.2, 0) is 0 Å². The van der Waals surface area contributed by atoms with Gasteiger partial charge in [-0.15, -0.1) is 6.58 Å². The standard InChI is InChI=1S/C10H18O/c1-5-9(4)7-10(11)6-8(2)3/h5-6,9-11H,1,7H2,2-4H3/t9-,10-/m0/s1. The van der Waals surface area contributed by atoms with Crippen molar-refractivity contribution in [2.24, 2.45) is 5.92 Å². The Morgan fingerprint density at radius 2 is 2.09 bits per heavy atom. The van der Waals surface area contributed by atoms with E-state index in [1.807, 2.05) is 26.0 Å². The van der Waals surface area contributed by atoms with Crippen LogP contribution in [0.1, 0.15) is 27.2 Å². The van der Waals surface area contributed by atoms with Gasteiger partial charge in [-0.25, -0.2) is 0 Å². The Bertz CT molecular complexity index is 143. The molecule has 64 valence electrons. The monoisotopic (exact) mass is 154 g/mol. The van der Waals surface area contributed by atoms with Crippen molar-refractivity contribution in [2.75, 3.05) is 0 Å². The maximum Gasteiger partial charge on any atom is 0.0728 e. The summed E-state index contributed by atoms with van der Waals surface area (Å²) in [6.45, 7) is 9.69. The summed E-state index contributed by atoms with van der Waals surface area (Å²) in [5.74, 6) is 0.389. The van der Waals surface area contributed by atoms with Crippen molar-refractivity contribution in [3.8, 4) is 0 Å². The van der Waals surface area contributed by atoms with Gasteiger partial charge in [-0.2, -0.15) is 0 Å². The molecule has 0 unspecified atom stereocenters. The second-order valence-electron chi connectivity index (χ2n) is 3.26. The summed E-state index contributed by atoms with van der Waals surface area (Å²) in [5.41, 5.74) is 1.16. The normalized spacial score (nSPS) is 15.3. The quantitative estimate of drug-likeness (QED) is 0.617. The van der Waals surface area contributed by atoms with Crippen LogP contribution in [0.3, 0.4) is 0 Å². The molecule has 0 aliphatic carbocycles. The molecule has 0 aromatic rings. The summed E-state index contributed by atoms with van der Waals surface area (Å²) >= 11 is 0. The zero-order valence-electron chi connectivity index (χ0n) is 7.67. The first-order valence-corrected chi connectivity index (χ1v) is 4.02. The molecule has 0 fully saturated rings. The Balaban J connectivity index is 3.77. The van der Waals surface area contributed by atoms with Gasteiger partial charge in [0, 0.05) is 0 Å². The van der Waals surface area contributed by atoms with Crippen molar-refractivity contribution < 1.29 is 5.11 Å². The second kappa shape index (κ2) is 5.14. The fourth-order valence-electron chi connectivity index (χ4n) is 0.930. The van der Waals surface area contributed by atoms with E-state index in [9.17, 15) is 5.11 Å². The van der Waals surface area contributed by atoms with Crippen LogP contribution in [0.2, 0.25) is 0 Å². The van der Waals surface area contributed by atoms with Gasteiger partial charge in [0.15, 0.2) is 0 Å². The fraction of sp³-hybridized carbons (Fsp3) is 0.600. The molecule has 0 aliphatic heterocycles. The van der Waals surface area contributed by atoms with E-state index in [0.717, 1.165) is 12.0 Å². The molecule has 1 nitrogen and oxygen atoms in total. The first kappa shape index (κ1) is 10.4. The number of allylic oxidation sites excluding steroid dienone is 2. The lowest BCUT2D eigenvalue weighted by Gasteiger charge is -2.09. The Labute approximate surface area is 69.4 Å². The van der Waals surface area contributed by atoms with Gasteiger partial charge in [-0.1, -0.05) is 24.6 Å². The number of rotatable bonds is 4. The molecule has 0 spiro atoms. The van der Waals surface area contributed by atoms with E-state index in [1.54, 1.807) is 0 Å². The van der Waals surface area contributed by atoms with Crippen LogP contribution in [0.4, 0.5) is 0 Å². The lowest BCUT2D eigenvalue weighted by molar-refractivity contribution is 0.199. The number of hydrogen-bond acceptors (Lipinski definition) is 1. The highest BCUT2D eigenvalue weighted by Gasteiger charge is 2.03. The van der Waals surface area contributed by atoms with Gasteiger partial charge in [-0.05, 0) is 26.2 Å². The molecule has 2 atom stereocenters. The molecule has 0 saturated heterocycles. The molecule has 1 N–H and O–H groups in total. The van der Waals surface area contributed by atoms with Gasteiger partial charge in [0.2, 0.25) is 0 Å². The minimum Gasteiger partial charge on any atom is -0.389 e. The molecular formula is C10H18O. The highest BCUT2D eigenvalue weighted by molar-refractivity contribution is 4.98. The third-order valence-electron chi connectivity index (χ3n) is 1.54. The summed E-state index contributed by atoms with van der Waals surface area (Å²) in [5, 5.41) is 9.40. The Hall–Kier alpha value is -0.560. The predicted octanol–water partition coefficient (Wildman–Crippen LogP) is 2.53. The van der Waals surface area contributed by atoms with Crippen LogP contribution in [0, 0.1) is 5.92 Å². The lowest BCUT2D eigenvalue weighted by Crippen LogP contribution is -2.07. The SMILES string of the molecule is C=C[C@H](C)C[C@@H](O)C=C(C)C. The molecule has 0 bridgehead atoms. The second-order valence-corrected chi connectivity index (χ2v) is 3.26. The molecule has 0 aromatic heterocycles. The third kappa shape index (κ3) is 5.86. The Morgan fingerprint density at radius 3 is 2.45 bits per heavy atom. The van der Waals surface area contributed by atoms with E-state index in [2.05, 4.69) is 13.5 Å². The number of hydrogen-bond donors (Lipinski definition) is 1. The van der Waals surface area contributed by atoms with Crippen LogP contribution in [0.25, 0.3) is 0 Å². The van der Waals surface area contributed by atoms with Crippen LogP contribution in [0.15, 0.2) is 24.3 Å². The van der Waals surface area contributed by atoms with E-state index < -0.39 is 0 Å². The smallest absolute Gasteiger partial charge is 0.0728 e. The van der Waals surface area contributed by atoms with Gasteiger partial charge in [0.25, 0.3) is 0 Å². The van der Waals surface area contributed by atoms with Gasteiger partial charge < -0.3 is 5.11 Å². The summed E-state index contributed by atoms with van der Waals surface area (Å²) in [7, 11) is 0. The highest BCUT2D eigenvalue weighted by atomic mass is 16.3. The Morgan fingerprint density at radius 1 is 1.55 bits per heavy atom. The maximum absolute atomic E-state index is 9.40. The molecule has 0 aliphatic rings. The highest BCUT2D eigenvalue weighted by Crippen LogP contribution is 2.08. The lowest BCUT2D eigenvalue weighted by atomic mass is 10.0. The molecular weight excluding hydrogens is 136 g/mol. The first-order valence-electron chi connectivity index (χ1n) is 4.02. The van der Waals surface area contributed by atoms with Crippen molar-refractivity contribution in [1.29, 1.82) is 0 Å². The molecule has 0 heterocycles. The fourth-order valence-corrected chi connectivity index (χ4v) is 0.930. The molecule has 0 aromatic carbocycles. The third-order valence-corrected chi connectivity index (χ3v) is 1.54. The number of aliphatic hydroxyl groups excluding tert-OH is 1. The van der Waals surface area contributed by atoms with E-state index in [-0.39, 0.29) is 6.10 Å². The average Bonchev–Trinajstić information content (AvgIpc) is 1.85. The summed E-state index contributed by atoms with van der Waals surface area (Å²) in [4.78, 5) is 0. The topological polar surface area (TPSA) is 20.2 Å². The van der Waals surface area contributed by atoms with E-state index >= 15 is 0 Å². The van der Waals surface area contributed by atoms with Crippen molar-refractivity contribution >= 4 is 0 Å². The summed E-state index contributed by atoms with van der Waals surface area (Å²) in [6, 6.07) is 0. The van der Waals surface area contributed by atoms with Gasteiger partial charge in [0.1, 0.15) is 0 Å². The van der Waals surface area contributed by atoms with Crippen LogP contribution in [0.5, 0.6) is 0 Å². The first-order chi connectivity index (χ1) is 5.06. The number of aliphatic hydroxyl groups is 1. The predicted molar refractivity (Wildman–Crippen MR) is 49.4 cm³/mol. The van der Waals surface area contributed by atoms with Gasteiger partial charge in [0.05, 0.1) is 6.10 Å². The zero-order chi connectivity index (χ0) is 8.85. The zero-order valence-corrected chi connectivity index (χ0v) is 7.67. The largest absolute Gasteiger partial charge is 0.389 e.